The molecule has 4 aromatic carbocycles. The number of carbonyl (C=O) groups excluding carboxylic acids is 3. The Kier molecular flexibility index (Phi) is 19.1. The van der Waals surface area contributed by atoms with Gasteiger partial charge in [0.1, 0.15) is 12.3 Å². The summed E-state index contributed by atoms with van der Waals surface area (Å²) in [5, 5.41) is 23.8. The van der Waals surface area contributed by atoms with Gasteiger partial charge in [-0.2, -0.15) is 18.3 Å². The van der Waals surface area contributed by atoms with Crippen LogP contribution in [0.1, 0.15) is 71.1 Å². The second-order valence-corrected chi connectivity index (χ2v) is 19.1. The summed E-state index contributed by atoms with van der Waals surface area (Å²) in [7, 11) is 3.56. The van der Waals surface area contributed by atoms with Crippen molar-refractivity contribution < 1.29 is 46.5 Å². The number of hydrogen-bond acceptors (Lipinski definition) is 12. The summed E-state index contributed by atoms with van der Waals surface area (Å²) >= 11 is 0. The number of ether oxygens (including phenoxy) is 4. The quantitative estimate of drug-likeness (QED) is 0.0268. The van der Waals surface area contributed by atoms with Gasteiger partial charge in [0.25, 0.3) is 11.8 Å². The van der Waals surface area contributed by atoms with Crippen LogP contribution in [0, 0.1) is 11.8 Å². The molecule has 1 fully saturated rings. The van der Waals surface area contributed by atoms with Crippen molar-refractivity contribution in [3.63, 3.8) is 0 Å². The number of benzene rings is 4. The smallest absolute Gasteiger partial charge is 0.406 e. The van der Waals surface area contributed by atoms with Crippen molar-refractivity contribution in [2.24, 2.45) is 0 Å². The van der Waals surface area contributed by atoms with E-state index in [1.807, 2.05) is 48.2 Å². The Labute approximate surface area is 446 Å². The lowest BCUT2D eigenvalue weighted by molar-refractivity contribution is -0.140. The normalized spacial score (nSPS) is 15.8. The molecule has 3 amide bonds. The highest BCUT2D eigenvalue weighted by Crippen LogP contribution is 2.41. The molecular weight excluding hydrogens is 994 g/mol. The largest absolute Gasteiger partial charge is 0.495 e. The molecule has 0 spiro atoms. The highest BCUT2D eigenvalue weighted by molar-refractivity contribution is 5.97. The molecule has 0 saturated carbocycles. The third-order valence-corrected chi connectivity index (χ3v) is 13.5. The second kappa shape index (κ2) is 26.5. The number of halogens is 3. The molecule has 6 N–H and O–H groups in total. The van der Waals surface area contributed by atoms with E-state index in [1.54, 1.807) is 61.7 Å². The number of H-pyrrole nitrogens is 1. The van der Waals surface area contributed by atoms with E-state index in [9.17, 15) is 27.6 Å². The summed E-state index contributed by atoms with van der Waals surface area (Å²) in [5.41, 5.74) is 7.56. The SMILES string of the molecule is COc1cc(C(=O)NCCOCCOCCOCCNC(=O)c2ccc(N[C@@H]3C[C@H](C)N(C(C)=O)c4ccc(-c5ccn[nH]5)cc43)cc2)ccc1NCC#Cc1cc2c(NC3CCN(C)CC3)cccc2n1CC(F)(F)F. The molecule has 0 unspecified atom stereocenters. The number of nitrogens with zero attached hydrogens (tertiary/aromatic N) is 4. The summed E-state index contributed by atoms with van der Waals surface area (Å²) in [4.78, 5) is 42.5. The predicted octanol–water partition coefficient (Wildman–Crippen LogP) is 8.08. The van der Waals surface area contributed by atoms with Gasteiger partial charge in [-0.1, -0.05) is 18.1 Å². The lowest BCUT2D eigenvalue weighted by Crippen LogP contribution is -2.43. The van der Waals surface area contributed by atoms with Gasteiger partial charge in [0, 0.05) is 77.4 Å². The highest BCUT2D eigenvalue weighted by Gasteiger charge is 2.33. The van der Waals surface area contributed by atoms with Crippen molar-refractivity contribution in [1.82, 2.24) is 30.3 Å². The number of piperidine rings is 1. The van der Waals surface area contributed by atoms with Crippen molar-refractivity contribution in [3.8, 4) is 28.8 Å². The van der Waals surface area contributed by atoms with Crippen LogP contribution < -0.4 is 36.2 Å². The lowest BCUT2D eigenvalue weighted by atomic mass is 9.89. The van der Waals surface area contributed by atoms with Gasteiger partial charge < -0.3 is 59.9 Å². The molecule has 408 valence electrons. The monoisotopic (exact) mass is 1060 g/mol. The summed E-state index contributed by atoms with van der Waals surface area (Å²) in [6.45, 7) is 6.97. The summed E-state index contributed by atoms with van der Waals surface area (Å²) in [6.07, 6.45) is -0.132. The van der Waals surface area contributed by atoms with Crippen LogP contribution in [0.3, 0.4) is 0 Å². The Morgan fingerprint density at radius 3 is 2.16 bits per heavy atom. The van der Waals surface area contributed by atoms with E-state index in [-0.39, 0.29) is 61.2 Å². The summed E-state index contributed by atoms with van der Waals surface area (Å²) in [6, 6.07) is 27.4. The summed E-state index contributed by atoms with van der Waals surface area (Å²) in [5.74, 6) is 5.76. The number of aromatic amines is 1. The molecule has 4 heterocycles. The summed E-state index contributed by atoms with van der Waals surface area (Å²) < 4.78 is 64.9. The Bertz CT molecular complexity index is 3000. The molecule has 17 nitrogen and oxygen atoms in total. The number of methoxy groups -OCH3 is 1. The molecular formula is C57H67F3N10O7. The average Bonchev–Trinajstić information content (AvgIpc) is 4.11. The van der Waals surface area contributed by atoms with Gasteiger partial charge in [0.2, 0.25) is 5.91 Å². The van der Waals surface area contributed by atoms with Crippen LogP contribution in [-0.4, -0.2) is 142 Å². The van der Waals surface area contributed by atoms with Gasteiger partial charge in [0.05, 0.1) is 81.9 Å². The van der Waals surface area contributed by atoms with Crippen LogP contribution in [0.15, 0.2) is 97.2 Å². The Hall–Kier alpha value is -7.57. The number of anilines is 4. The molecule has 0 radical (unpaired) electrons. The number of amides is 3. The fourth-order valence-corrected chi connectivity index (χ4v) is 9.69. The minimum absolute atomic E-state index is 0.00752. The molecule has 77 heavy (non-hydrogen) atoms. The van der Waals surface area contributed by atoms with E-state index in [2.05, 4.69) is 66.6 Å². The zero-order valence-corrected chi connectivity index (χ0v) is 43.9. The maximum atomic E-state index is 13.8. The van der Waals surface area contributed by atoms with E-state index in [4.69, 9.17) is 18.9 Å². The van der Waals surface area contributed by atoms with E-state index in [0.717, 1.165) is 59.8 Å². The van der Waals surface area contributed by atoms with E-state index in [1.165, 1.54) is 11.7 Å². The molecule has 2 aliphatic rings. The van der Waals surface area contributed by atoms with Gasteiger partial charge in [-0.15, -0.1) is 0 Å². The van der Waals surface area contributed by atoms with E-state index in [0.29, 0.717) is 79.5 Å². The van der Waals surface area contributed by atoms with Gasteiger partial charge in [-0.05, 0) is 137 Å². The first kappa shape index (κ1) is 55.7. The van der Waals surface area contributed by atoms with Crippen LogP contribution in [0.2, 0.25) is 0 Å². The maximum Gasteiger partial charge on any atom is 0.406 e. The number of aromatic nitrogens is 3. The Morgan fingerprint density at radius 1 is 0.805 bits per heavy atom. The standard InChI is InChI=1S/C57H67F3N10O7/c1-38-33-51(46-34-41(48-18-22-64-67-48)13-17-53(46)70(38)39(2)71)66-43-14-10-40(11-15-43)55(72)62-23-27-75-29-31-77-32-30-76-28-24-63-56(73)42-12-16-50(54(35-42)74-4)61-21-6-7-45-36-47-49(65-44-19-25-68(3)26-20-44)8-5-9-52(47)69(45)37-57(58,59)60/h5,8-18,22,34-36,38,44,51,61,65-66H,19-21,23-33,37H2,1-4H3,(H,62,72)(H,63,73)(H,64,67)/t38-,51+/m0/s1. The van der Waals surface area contributed by atoms with Crippen molar-refractivity contribution >= 4 is 51.4 Å². The minimum atomic E-state index is -4.44. The number of nitrogens with one attached hydrogen (secondary N) is 6. The molecule has 8 rings (SSSR count). The van der Waals surface area contributed by atoms with Crippen molar-refractivity contribution in [3.05, 3.63) is 120 Å². The number of carbonyl (C=O) groups is 3. The number of rotatable bonds is 23. The van der Waals surface area contributed by atoms with Crippen molar-refractivity contribution in [1.29, 1.82) is 0 Å². The van der Waals surface area contributed by atoms with Crippen LogP contribution in [-0.2, 0) is 25.5 Å². The predicted molar refractivity (Wildman–Crippen MR) is 292 cm³/mol. The fraction of sp³-hybridized carbons (Fsp3) is 0.404. The Balaban J connectivity index is 0.689. The Morgan fingerprint density at radius 2 is 1.49 bits per heavy atom. The average molecular weight is 1060 g/mol. The van der Waals surface area contributed by atoms with Crippen molar-refractivity contribution in [2.75, 3.05) is 107 Å². The first-order chi connectivity index (χ1) is 37.2. The number of fused-ring (bicyclic) bond motifs is 2. The molecule has 2 aliphatic heterocycles. The van der Waals surface area contributed by atoms with Gasteiger partial charge in [-0.25, -0.2) is 0 Å². The van der Waals surface area contributed by atoms with Crippen LogP contribution in [0.4, 0.5) is 35.9 Å². The first-order valence-electron chi connectivity index (χ1n) is 25.9. The number of alkyl halides is 3. The first-order valence-corrected chi connectivity index (χ1v) is 25.9. The van der Waals surface area contributed by atoms with Crippen molar-refractivity contribution in [2.45, 2.75) is 64.0 Å². The molecule has 2 aromatic heterocycles. The van der Waals surface area contributed by atoms with Crippen LogP contribution in [0.5, 0.6) is 5.75 Å². The molecule has 20 heteroatoms. The minimum Gasteiger partial charge on any atom is -0.495 e. The second-order valence-electron chi connectivity index (χ2n) is 19.1. The van der Waals surface area contributed by atoms with E-state index >= 15 is 0 Å². The third kappa shape index (κ3) is 15.1. The van der Waals surface area contributed by atoms with Gasteiger partial charge in [0.15, 0.2) is 0 Å². The zero-order valence-electron chi connectivity index (χ0n) is 43.9. The molecule has 0 bridgehead atoms. The highest BCUT2D eigenvalue weighted by atomic mass is 19.4. The van der Waals surface area contributed by atoms with Crippen LogP contribution in [0.25, 0.3) is 22.2 Å². The topological polar surface area (TPSA) is 188 Å². The molecule has 2 atom stereocenters. The van der Waals surface area contributed by atoms with Crippen LogP contribution >= 0.6 is 0 Å². The van der Waals surface area contributed by atoms with Gasteiger partial charge in [-0.3, -0.25) is 19.5 Å². The molecule has 0 aliphatic carbocycles. The third-order valence-electron chi connectivity index (χ3n) is 13.5. The van der Waals surface area contributed by atoms with Gasteiger partial charge >= 0.3 is 6.18 Å². The van der Waals surface area contributed by atoms with E-state index < -0.39 is 12.7 Å². The zero-order chi connectivity index (χ0) is 54.3. The molecule has 6 aromatic rings. The number of likely N-dealkylation sites (tertiary alicyclic amines) is 1. The fourth-order valence-electron chi connectivity index (χ4n) is 9.69. The number of hydrogen-bond donors (Lipinski definition) is 6. The lowest BCUT2D eigenvalue weighted by Gasteiger charge is -2.39. The molecule has 1 saturated heterocycles. The maximum absolute atomic E-state index is 13.8.